The van der Waals surface area contributed by atoms with Crippen LogP contribution in [0.1, 0.15) is 77.9 Å². The number of fused-ring (bicyclic) bond motifs is 1. The Morgan fingerprint density at radius 1 is 1.22 bits per heavy atom. The van der Waals surface area contributed by atoms with Crippen molar-refractivity contribution in [2.75, 3.05) is 0 Å². The molecule has 0 aliphatic carbocycles. The molecular formula is C19H33N2OY-. The van der Waals surface area contributed by atoms with Gasteiger partial charge in [0, 0.05) is 44.8 Å². The van der Waals surface area contributed by atoms with Gasteiger partial charge in [0.25, 0.3) is 0 Å². The van der Waals surface area contributed by atoms with Crippen molar-refractivity contribution in [1.82, 2.24) is 9.38 Å². The van der Waals surface area contributed by atoms with Gasteiger partial charge in [-0.15, -0.1) is 0 Å². The van der Waals surface area contributed by atoms with Crippen molar-refractivity contribution in [1.29, 1.82) is 0 Å². The summed E-state index contributed by atoms with van der Waals surface area (Å²) in [6.45, 7) is 17.9. The number of Topliss-reactive ketones (excluding diaryl/α,β-unsaturated/α-hetero) is 1. The summed E-state index contributed by atoms with van der Waals surface area (Å²) in [6.07, 6.45) is 4.43. The molecule has 0 fully saturated rings. The monoisotopic (exact) mass is 394 g/mol. The van der Waals surface area contributed by atoms with Crippen LogP contribution in [0.5, 0.6) is 0 Å². The quantitative estimate of drug-likeness (QED) is 0.491. The van der Waals surface area contributed by atoms with Crippen LogP contribution in [0, 0.1) is 18.9 Å². The Morgan fingerprint density at radius 3 is 2.22 bits per heavy atom. The second-order valence-corrected chi connectivity index (χ2v) is 4.17. The number of carbonyl (C=O) groups excluding carboxylic acids is 1. The molecule has 2 aromatic rings. The molecule has 1 unspecified atom stereocenters. The zero-order chi connectivity index (χ0) is 17.7. The molecular weight excluding hydrogens is 361 g/mol. The molecule has 129 valence electrons. The van der Waals surface area contributed by atoms with E-state index in [0.717, 1.165) is 17.6 Å². The van der Waals surface area contributed by atoms with Gasteiger partial charge in [-0.2, -0.15) is 6.07 Å². The number of pyridine rings is 1. The fraction of sp³-hybridized carbons (Fsp3) is 0.579. The summed E-state index contributed by atoms with van der Waals surface area (Å²) in [4.78, 5) is 16.3. The van der Waals surface area contributed by atoms with Crippen LogP contribution in [0.4, 0.5) is 0 Å². The van der Waals surface area contributed by atoms with Crippen molar-refractivity contribution < 1.29 is 37.5 Å². The molecule has 2 aromatic heterocycles. The SMILES string of the molecule is CC.CC.CC.CCC(C)C(=O)c1cn2c[c-]c(C)cc2n1.[Y]. The van der Waals surface area contributed by atoms with E-state index in [1.807, 2.05) is 79.0 Å². The number of rotatable bonds is 3. The molecule has 4 heteroatoms. The molecule has 0 saturated carbocycles. The van der Waals surface area contributed by atoms with Crippen molar-refractivity contribution in [3.05, 3.63) is 35.8 Å². The van der Waals surface area contributed by atoms with Gasteiger partial charge in [-0.25, -0.2) is 16.6 Å². The van der Waals surface area contributed by atoms with Crippen LogP contribution in [-0.4, -0.2) is 15.2 Å². The Morgan fingerprint density at radius 2 is 1.74 bits per heavy atom. The van der Waals surface area contributed by atoms with E-state index in [-0.39, 0.29) is 44.4 Å². The van der Waals surface area contributed by atoms with Gasteiger partial charge in [-0.3, -0.25) is 4.79 Å². The number of ketones is 1. The van der Waals surface area contributed by atoms with Crippen molar-refractivity contribution >= 4 is 11.4 Å². The predicted molar refractivity (Wildman–Crippen MR) is 96.6 cm³/mol. The van der Waals surface area contributed by atoms with E-state index >= 15 is 0 Å². The standard InChI is InChI=1S/C13H15N2O.3C2H6.Y/c1-4-10(3)13(16)11-8-15-6-5-9(2)7-12(15)14-11;3*1-2;/h6-8,10H,4H2,1-3H3;3*1-2H3;/q-1;;;;. The molecule has 3 nitrogen and oxygen atoms in total. The maximum absolute atomic E-state index is 11.9. The summed E-state index contributed by atoms with van der Waals surface area (Å²) < 4.78 is 1.84. The second kappa shape index (κ2) is 16.3. The van der Waals surface area contributed by atoms with Gasteiger partial charge in [-0.05, 0) is 6.42 Å². The van der Waals surface area contributed by atoms with Gasteiger partial charge in [0.05, 0.1) is 5.65 Å². The summed E-state index contributed by atoms with van der Waals surface area (Å²) in [7, 11) is 0. The summed E-state index contributed by atoms with van der Waals surface area (Å²) in [5.74, 6) is 0.152. The Balaban J connectivity index is -0.000000514. The first kappa shape index (κ1) is 27.3. The molecule has 1 radical (unpaired) electrons. The molecule has 0 saturated heterocycles. The van der Waals surface area contributed by atoms with E-state index in [4.69, 9.17) is 0 Å². The van der Waals surface area contributed by atoms with Crippen molar-refractivity contribution in [2.24, 2.45) is 5.92 Å². The fourth-order valence-corrected chi connectivity index (χ4v) is 1.58. The summed E-state index contributed by atoms with van der Waals surface area (Å²) in [5.41, 5.74) is 2.39. The fourth-order valence-electron chi connectivity index (χ4n) is 1.58. The van der Waals surface area contributed by atoms with Crippen LogP contribution in [0.3, 0.4) is 0 Å². The zero-order valence-corrected chi connectivity index (χ0v) is 19.2. The van der Waals surface area contributed by atoms with Gasteiger partial charge in [-0.1, -0.05) is 68.5 Å². The molecule has 0 N–H and O–H groups in total. The van der Waals surface area contributed by atoms with E-state index in [1.165, 1.54) is 0 Å². The number of hydrogen-bond donors (Lipinski definition) is 0. The molecule has 2 rings (SSSR count). The molecule has 23 heavy (non-hydrogen) atoms. The number of hydrogen-bond acceptors (Lipinski definition) is 2. The minimum atomic E-state index is 0. The first-order valence-corrected chi connectivity index (χ1v) is 8.53. The van der Waals surface area contributed by atoms with Crippen molar-refractivity contribution in [2.45, 2.75) is 68.7 Å². The van der Waals surface area contributed by atoms with Gasteiger partial charge in [0.2, 0.25) is 0 Å². The van der Waals surface area contributed by atoms with Gasteiger partial charge in [0.1, 0.15) is 5.69 Å². The largest absolute Gasteiger partial charge is 0.340 e. The van der Waals surface area contributed by atoms with Crippen molar-refractivity contribution in [3.8, 4) is 0 Å². The van der Waals surface area contributed by atoms with Gasteiger partial charge >= 0.3 is 0 Å². The average Bonchev–Trinajstić information content (AvgIpc) is 3.01. The minimum Gasteiger partial charge on any atom is -0.340 e. The van der Waals surface area contributed by atoms with E-state index in [2.05, 4.69) is 11.1 Å². The molecule has 1 atom stereocenters. The summed E-state index contributed by atoms with van der Waals surface area (Å²) >= 11 is 0. The van der Waals surface area contributed by atoms with E-state index in [9.17, 15) is 4.79 Å². The Hall–Kier alpha value is -0.536. The second-order valence-electron chi connectivity index (χ2n) is 4.17. The summed E-state index contributed by atoms with van der Waals surface area (Å²) in [5, 5.41) is 0. The number of carbonyl (C=O) groups is 1. The van der Waals surface area contributed by atoms with Crippen LogP contribution in [0.15, 0.2) is 18.5 Å². The predicted octanol–water partition coefficient (Wildman–Crippen LogP) is 5.75. The molecule has 0 spiro atoms. The first-order chi connectivity index (χ1) is 10.6. The molecule has 0 aromatic carbocycles. The van der Waals surface area contributed by atoms with Crippen LogP contribution >= 0.6 is 0 Å². The van der Waals surface area contributed by atoms with E-state index < -0.39 is 0 Å². The van der Waals surface area contributed by atoms with Crippen LogP contribution in [0.2, 0.25) is 0 Å². The first-order valence-electron chi connectivity index (χ1n) is 8.53. The third-order valence-electron chi connectivity index (χ3n) is 2.85. The van der Waals surface area contributed by atoms with Crippen molar-refractivity contribution in [3.63, 3.8) is 0 Å². The maximum Gasteiger partial charge on any atom is 0.185 e. The third kappa shape index (κ3) is 8.76. The molecule has 0 bridgehead atoms. The molecule has 0 aliphatic rings. The average molecular weight is 394 g/mol. The third-order valence-corrected chi connectivity index (χ3v) is 2.85. The Labute approximate surface area is 168 Å². The molecule has 0 amide bonds. The molecule has 2 heterocycles. The summed E-state index contributed by atoms with van der Waals surface area (Å²) in [6, 6.07) is 5.01. The number of aryl methyl sites for hydroxylation is 1. The molecule has 0 aliphatic heterocycles. The van der Waals surface area contributed by atoms with Gasteiger partial charge < -0.3 is 4.40 Å². The topological polar surface area (TPSA) is 34.4 Å². The maximum atomic E-state index is 11.9. The van der Waals surface area contributed by atoms with Crippen LogP contribution in [0.25, 0.3) is 5.65 Å². The Kier molecular flexibility index (Phi) is 19.4. The van der Waals surface area contributed by atoms with Gasteiger partial charge in [0.15, 0.2) is 5.78 Å². The van der Waals surface area contributed by atoms with E-state index in [1.54, 1.807) is 6.20 Å². The van der Waals surface area contributed by atoms with Crippen LogP contribution in [-0.2, 0) is 32.7 Å². The Bertz CT molecular complexity index is 535. The van der Waals surface area contributed by atoms with Crippen LogP contribution < -0.4 is 0 Å². The smallest absolute Gasteiger partial charge is 0.185 e. The minimum absolute atomic E-state index is 0. The van der Waals surface area contributed by atoms with E-state index in [0.29, 0.717) is 5.69 Å². The normalized spacial score (nSPS) is 9.78. The number of nitrogens with zero attached hydrogens (tertiary/aromatic N) is 2. The number of imidazole rings is 1. The zero-order valence-electron chi connectivity index (χ0n) is 16.4. The number of aromatic nitrogens is 2.